The lowest BCUT2D eigenvalue weighted by molar-refractivity contribution is 0.173. The third-order valence-electron chi connectivity index (χ3n) is 3.77. The molecule has 8 heteroatoms. The second-order valence-corrected chi connectivity index (χ2v) is 7.96. The maximum absolute atomic E-state index is 13.3. The zero-order valence-corrected chi connectivity index (χ0v) is 14.1. The lowest BCUT2D eigenvalue weighted by Crippen LogP contribution is -2.31. The Kier molecular flexibility index (Phi) is 4.92. The molecule has 0 unspecified atom stereocenters. The van der Waals surface area contributed by atoms with E-state index < -0.39 is 15.8 Å². The van der Waals surface area contributed by atoms with Crippen LogP contribution in [0.1, 0.15) is 19.3 Å². The van der Waals surface area contributed by atoms with Crippen molar-refractivity contribution in [2.75, 3.05) is 26.0 Å². The number of methoxy groups -OCH3 is 1. The van der Waals surface area contributed by atoms with Crippen molar-refractivity contribution in [3.8, 4) is 0 Å². The minimum atomic E-state index is -3.76. The summed E-state index contributed by atoms with van der Waals surface area (Å²) in [7, 11) is -2.14. The van der Waals surface area contributed by atoms with Crippen LogP contribution in [0.25, 0.3) is 0 Å². The van der Waals surface area contributed by atoms with Gasteiger partial charge in [-0.3, -0.25) is 0 Å². The molecule has 0 heterocycles. The molecule has 2 rings (SSSR count). The first kappa shape index (κ1) is 16.7. The van der Waals surface area contributed by atoms with Crippen LogP contribution in [0.15, 0.2) is 21.5 Å². The summed E-state index contributed by atoms with van der Waals surface area (Å²) in [6.07, 6.45) is 2.76. The van der Waals surface area contributed by atoms with E-state index in [4.69, 9.17) is 10.5 Å². The van der Waals surface area contributed by atoms with Crippen molar-refractivity contribution < 1.29 is 17.5 Å². The predicted molar refractivity (Wildman–Crippen MR) is 81.9 cm³/mol. The number of benzene rings is 1. The Labute approximate surface area is 132 Å². The number of nitrogens with two attached hydrogens (primary N) is 1. The molecule has 0 spiro atoms. The monoisotopic (exact) mass is 380 g/mol. The molecule has 5 nitrogen and oxygen atoms in total. The summed E-state index contributed by atoms with van der Waals surface area (Å²) in [6, 6.07) is 2.18. The molecule has 1 aliphatic rings. The first-order valence-electron chi connectivity index (χ1n) is 6.53. The number of nitrogen functional groups attached to an aromatic ring is 1. The van der Waals surface area contributed by atoms with Gasteiger partial charge in [0.15, 0.2) is 0 Å². The van der Waals surface area contributed by atoms with Crippen molar-refractivity contribution in [3.63, 3.8) is 0 Å². The third kappa shape index (κ3) is 3.94. The Balaban J connectivity index is 2.11. The van der Waals surface area contributed by atoms with Gasteiger partial charge in [-0.1, -0.05) is 0 Å². The van der Waals surface area contributed by atoms with E-state index >= 15 is 0 Å². The Morgan fingerprint density at radius 3 is 2.71 bits per heavy atom. The van der Waals surface area contributed by atoms with Crippen LogP contribution in [0.2, 0.25) is 0 Å². The van der Waals surface area contributed by atoms with E-state index in [2.05, 4.69) is 20.7 Å². The quantitative estimate of drug-likeness (QED) is 0.710. The van der Waals surface area contributed by atoms with Gasteiger partial charge in [-0.2, -0.15) is 0 Å². The number of hydrogen-bond acceptors (Lipinski definition) is 4. The molecule has 1 fully saturated rings. The van der Waals surface area contributed by atoms with Gasteiger partial charge in [0.1, 0.15) is 10.7 Å². The molecule has 1 aromatic carbocycles. The fourth-order valence-electron chi connectivity index (χ4n) is 2.11. The smallest absolute Gasteiger partial charge is 0.242 e. The van der Waals surface area contributed by atoms with Gasteiger partial charge in [0.05, 0.1) is 10.2 Å². The van der Waals surface area contributed by atoms with E-state index in [9.17, 15) is 12.8 Å². The van der Waals surface area contributed by atoms with Gasteiger partial charge >= 0.3 is 0 Å². The van der Waals surface area contributed by atoms with Gasteiger partial charge in [-0.05, 0) is 52.7 Å². The summed E-state index contributed by atoms with van der Waals surface area (Å²) < 4.78 is 45.6. The predicted octanol–water partition coefficient (Wildman–Crippen LogP) is 2.27. The molecule has 1 aliphatic carbocycles. The van der Waals surface area contributed by atoms with Crippen molar-refractivity contribution in [3.05, 3.63) is 22.4 Å². The second kappa shape index (κ2) is 6.20. The van der Waals surface area contributed by atoms with Crippen molar-refractivity contribution in [1.82, 2.24) is 4.72 Å². The van der Waals surface area contributed by atoms with E-state index in [1.54, 1.807) is 7.11 Å². The average Bonchev–Trinajstić information content (AvgIpc) is 3.19. The maximum Gasteiger partial charge on any atom is 0.242 e. The van der Waals surface area contributed by atoms with Crippen LogP contribution < -0.4 is 10.5 Å². The maximum atomic E-state index is 13.3. The van der Waals surface area contributed by atoms with Crippen molar-refractivity contribution >= 4 is 31.6 Å². The summed E-state index contributed by atoms with van der Waals surface area (Å²) in [5.74, 6) is -0.592. The zero-order valence-electron chi connectivity index (χ0n) is 11.7. The fourth-order valence-corrected chi connectivity index (χ4v) is 3.90. The Bertz CT molecular complexity index is 633. The van der Waals surface area contributed by atoms with Crippen LogP contribution in [0, 0.1) is 11.2 Å². The van der Waals surface area contributed by atoms with Crippen LogP contribution >= 0.6 is 15.9 Å². The molecule has 0 atom stereocenters. The third-order valence-corrected chi connectivity index (χ3v) is 5.84. The van der Waals surface area contributed by atoms with Gasteiger partial charge in [0, 0.05) is 20.3 Å². The molecule has 3 N–H and O–H groups in total. The lowest BCUT2D eigenvalue weighted by Gasteiger charge is -2.16. The molecular weight excluding hydrogens is 363 g/mol. The Morgan fingerprint density at radius 2 is 2.14 bits per heavy atom. The van der Waals surface area contributed by atoms with Crippen molar-refractivity contribution in [1.29, 1.82) is 0 Å². The fraction of sp³-hybridized carbons (Fsp3) is 0.538. The largest absolute Gasteiger partial charge is 0.398 e. The van der Waals surface area contributed by atoms with E-state index in [-0.39, 0.29) is 20.5 Å². The highest BCUT2D eigenvalue weighted by Crippen LogP contribution is 2.48. The number of sulfonamides is 1. The number of ether oxygens (including phenoxy) is 1. The number of rotatable bonds is 7. The minimum absolute atomic E-state index is 0.0187. The first-order chi connectivity index (χ1) is 9.80. The van der Waals surface area contributed by atoms with Gasteiger partial charge in [-0.25, -0.2) is 17.5 Å². The zero-order chi connectivity index (χ0) is 15.7. The van der Waals surface area contributed by atoms with Gasteiger partial charge < -0.3 is 10.5 Å². The van der Waals surface area contributed by atoms with Crippen LogP contribution in [0.4, 0.5) is 10.1 Å². The van der Waals surface area contributed by atoms with E-state index in [0.717, 1.165) is 25.3 Å². The summed E-state index contributed by atoms with van der Waals surface area (Å²) >= 11 is 2.97. The normalized spacial score (nSPS) is 16.9. The second-order valence-electron chi connectivity index (χ2n) is 5.37. The van der Waals surface area contributed by atoms with E-state index in [1.165, 1.54) is 6.07 Å². The van der Waals surface area contributed by atoms with Gasteiger partial charge in [-0.15, -0.1) is 0 Å². The number of anilines is 1. The SMILES string of the molecule is COCCC1(CNS(=O)(=O)c2cc(Br)c(F)cc2N)CC1. The molecular formula is C13H18BrFN2O3S. The number of nitrogens with one attached hydrogen (secondary N) is 1. The molecule has 21 heavy (non-hydrogen) atoms. The van der Waals surface area contributed by atoms with Gasteiger partial charge in [0.2, 0.25) is 10.0 Å². The highest BCUT2D eigenvalue weighted by atomic mass is 79.9. The lowest BCUT2D eigenvalue weighted by atomic mass is 10.0. The highest BCUT2D eigenvalue weighted by Gasteiger charge is 2.42. The molecule has 0 radical (unpaired) electrons. The van der Waals surface area contributed by atoms with Crippen molar-refractivity contribution in [2.24, 2.45) is 5.41 Å². The summed E-state index contributed by atoms with van der Waals surface area (Å²) in [4.78, 5) is -0.113. The molecule has 0 saturated heterocycles. The van der Waals surface area contributed by atoms with Crippen LogP contribution in [-0.2, 0) is 14.8 Å². The molecule has 118 valence electrons. The number of hydrogen-bond donors (Lipinski definition) is 2. The average molecular weight is 381 g/mol. The minimum Gasteiger partial charge on any atom is -0.398 e. The molecule has 0 amide bonds. The van der Waals surface area contributed by atoms with E-state index in [0.29, 0.717) is 13.2 Å². The molecule has 1 aromatic rings. The van der Waals surface area contributed by atoms with E-state index in [1.807, 2.05) is 0 Å². The Morgan fingerprint density at radius 1 is 1.48 bits per heavy atom. The van der Waals surface area contributed by atoms with Gasteiger partial charge in [0.25, 0.3) is 0 Å². The molecule has 0 aliphatic heterocycles. The summed E-state index contributed by atoms with van der Waals surface area (Å²) in [5.41, 5.74) is 5.49. The van der Waals surface area contributed by atoms with Crippen molar-refractivity contribution in [2.45, 2.75) is 24.2 Å². The number of halogens is 2. The highest BCUT2D eigenvalue weighted by molar-refractivity contribution is 9.10. The standard InChI is InChI=1S/C13H18BrFN2O3S/c1-20-5-4-13(2-3-13)8-17-21(18,19)12-6-9(14)10(15)7-11(12)16/h6-7,17H,2-5,8,16H2,1H3. The topological polar surface area (TPSA) is 81.4 Å². The Hall–Kier alpha value is -0.700. The van der Waals surface area contributed by atoms with Crippen LogP contribution in [0.3, 0.4) is 0 Å². The van der Waals surface area contributed by atoms with Crippen LogP contribution in [0.5, 0.6) is 0 Å². The first-order valence-corrected chi connectivity index (χ1v) is 8.80. The molecule has 0 bridgehead atoms. The van der Waals surface area contributed by atoms with Crippen LogP contribution in [-0.4, -0.2) is 28.7 Å². The molecule has 0 aromatic heterocycles. The summed E-state index contributed by atoms with van der Waals surface area (Å²) in [6.45, 7) is 0.944. The summed E-state index contributed by atoms with van der Waals surface area (Å²) in [5, 5.41) is 0. The molecule has 1 saturated carbocycles.